The van der Waals surface area contributed by atoms with E-state index < -0.39 is 4.92 Å². The molecule has 2 unspecified atom stereocenters. The average molecular weight is 286 g/mol. The number of nitro groups is 1. The van der Waals surface area contributed by atoms with Crippen LogP contribution in [0.25, 0.3) is 0 Å². The summed E-state index contributed by atoms with van der Waals surface area (Å²) in [7, 11) is 0. The zero-order valence-corrected chi connectivity index (χ0v) is 11.3. The normalized spacial score (nSPS) is 21.2. The summed E-state index contributed by atoms with van der Waals surface area (Å²) in [5.74, 6) is 0. The fourth-order valence-electron chi connectivity index (χ4n) is 2.08. The second-order valence-corrected chi connectivity index (χ2v) is 5.01. The average Bonchev–Trinajstić information content (AvgIpc) is 2.38. The molecule has 0 aliphatic carbocycles. The minimum Gasteiger partial charge on any atom is -0.373 e. The van der Waals surface area contributed by atoms with Crippen LogP contribution in [0.1, 0.15) is 6.92 Å². The first-order chi connectivity index (χ1) is 8.99. The van der Waals surface area contributed by atoms with Crippen LogP contribution in [0, 0.1) is 10.1 Å². The Morgan fingerprint density at radius 2 is 2.37 bits per heavy atom. The van der Waals surface area contributed by atoms with Gasteiger partial charge in [0.05, 0.1) is 28.3 Å². The summed E-state index contributed by atoms with van der Waals surface area (Å²) in [5, 5.41) is 11.1. The van der Waals surface area contributed by atoms with E-state index in [4.69, 9.17) is 22.1 Å². The lowest BCUT2D eigenvalue weighted by molar-refractivity contribution is -0.384. The van der Waals surface area contributed by atoms with Crippen molar-refractivity contribution in [1.82, 2.24) is 0 Å². The Bertz CT molecular complexity index is 481. The van der Waals surface area contributed by atoms with Crippen LogP contribution in [-0.2, 0) is 4.74 Å². The molecule has 1 saturated heterocycles. The lowest BCUT2D eigenvalue weighted by Gasteiger charge is -2.36. The number of hydrogen-bond donors (Lipinski definition) is 1. The largest absolute Gasteiger partial charge is 0.373 e. The molecule has 1 fully saturated rings. The predicted octanol–water partition coefficient (Wildman–Crippen LogP) is 1.80. The van der Waals surface area contributed by atoms with Gasteiger partial charge in [-0.1, -0.05) is 11.6 Å². The first-order valence-electron chi connectivity index (χ1n) is 6.05. The standard InChI is InChI=1S/C12H16ClN3O3/c1-8(14)12-7-15(4-5-19-12)11-3-2-9(16(17)18)6-10(11)13/h2-3,6,8,12H,4-5,7,14H2,1H3. The van der Waals surface area contributed by atoms with Crippen LogP contribution < -0.4 is 10.6 Å². The summed E-state index contributed by atoms with van der Waals surface area (Å²) in [5.41, 5.74) is 6.61. The van der Waals surface area contributed by atoms with E-state index in [1.54, 1.807) is 6.07 Å². The third-order valence-electron chi connectivity index (χ3n) is 3.16. The van der Waals surface area contributed by atoms with Crippen LogP contribution in [-0.4, -0.2) is 36.8 Å². The van der Waals surface area contributed by atoms with E-state index in [0.717, 1.165) is 5.69 Å². The van der Waals surface area contributed by atoms with Gasteiger partial charge < -0.3 is 15.4 Å². The van der Waals surface area contributed by atoms with E-state index in [1.807, 2.05) is 11.8 Å². The minimum atomic E-state index is -0.459. The molecule has 1 aliphatic heterocycles. The Balaban J connectivity index is 2.19. The molecule has 2 N–H and O–H groups in total. The summed E-state index contributed by atoms with van der Waals surface area (Å²) >= 11 is 6.12. The molecule has 0 spiro atoms. The molecule has 1 aliphatic rings. The van der Waals surface area contributed by atoms with Gasteiger partial charge in [-0.15, -0.1) is 0 Å². The number of nitrogens with zero attached hydrogens (tertiary/aromatic N) is 2. The number of nitro benzene ring substituents is 1. The molecule has 0 aromatic heterocycles. The fourth-order valence-corrected chi connectivity index (χ4v) is 2.37. The van der Waals surface area contributed by atoms with Crippen molar-refractivity contribution in [3.05, 3.63) is 33.3 Å². The molecule has 2 rings (SSSR count). The van der Waals surface area contributed by atoms with Crippen LogP contribution in [0.5, 0.6) is 0 Å². The SMILES string of the molecule is CC(N)C1CN(c2ccc([N+](=O)[O-])cc2Cl)CCO1. The van der Waals surface area contributed by atoms with Crippen molar-refractivity contribution in [2.24, 2.45) is 5.73 Å². The quantitative estimate of drug-likeness (QED) is 0.676. The molecule has 0 amide bonds. The lowest BCUT2D eigenvalue weighted by atomic mass is 10.1. The van der Waals surface area contributed by atoms with Crippen LogP contribution in [0.15, 0.2) is 18.2 Å². The van der Waals surface area contributed by atoms with E-state index in [2.05, 4.69) is 0 Å². The maximum atomic E-state index is 10.7. The van der Waals surface area contributed by atoms with E-state index in [1.165, 1.54) is 12.1 Å². The topological polar surface area (TPSA) is 81.6 Å². The van der Waals surface area contributed by atoms with E-state index in [0.29, 0.717) is 24.7 Å². The highest BCUT2D eigenvalue weighted by Crippen LogP contribution is 2.31. The molecular formula is C12H16ClN3O3. The molecule has 6 nitrogen and oxygen atoms in total. The van der Waals surface area contributed by atoms with Gasteiger partial charge in [-0.2, -0.15) is 0 Å². The molecular weight excluding hydrogens is 270 g/mol. The summed E-state index contributed by atoms with van der Waals surface area (Å²) in [6.45, 7) is 3.79. The van der Waals surface area contributed by atoms with Crippen molar-refractivity contribution >= 4 is 23.0 Å². The van der Waals surface area contributed by atoms with Crippen LogP contribution in [0.4, 0.5) is 11.4 Å². The third kappa shape index (κ3) is 3.15. The van der Waals surface area contributed by atoms with Crippen molar-refractivity contribution in [2.75, 3.05) is 24.6 Å². The highest BCUT2D eigenvalue weighted by atomic mass is 35.5. The third-order valence-corrected chi connectivity index (χ3v) is 3.47. The smallest absolute Gasteiger partial charge is 0.271 e. The molecule has 2 atom stereocenters. The van der Waals surface area contributed by atoms with Gasteiger partial charge in [0, 0.05) is 31.3 Å². The van der Waals surface area contributed by atoms with Gasteiger partial charge in [0.1, 0.15) is 0 Å². The Labute approximate surface area is 116 Å². The highest BCUT2D eigenvalue weighted by Gasteiger charge is 2.25. The summed E-state index contributed by atoms with van der Waals surface area (Å²) < 4.78 is 5.57. The zero-order valence-electron chi connectivity index (χ0n) is 10.6. The molecule has 0 saturated carbocycles. The van der Waals surface area contributed by atoms with Gasteiger partial charge in [-0.25, -0.2) is 0 Å². The van der Waals surface area contributed by atoms with Gasteiger partial charge in [-0.05, 0) is 13.0 Å². The van der Waals surface area contributed by atoms with E-state index in [-0.39, 0.29) is 17.8 Å². The first kappa shape index (κ1) is 14.0. The van der Waals surface area contributed by atoms with Gasteiger partial charge in [0.2, 0.25) is 0 Å². The maximum Gasteiger partial charge on any atom is 0.271 e. The lowest BCUT2D eigenvalue weighted by Crippen LogP contribution is -2.49. The Morgan fingerprint density at radius 1 is 1.63 bits per heavy atom. The van der Waals surface area contributed by atoms with Gasteiger partial charge in [0.15, 0.2) is 0 Å². The Hall–Kier alpha value is -1.37. The molecule has 19 heavy (non-hydrogen) atoms. The van der Waals surface area contributed by atoms with Crippen molar-refractivity contribution in [1.29, 1.82) is 0 Å². The number of hydrogen-bond acceptors (Lipinski definition) is 5. The number of morpholine rings is 1. The number of halogens is 1. The molecule has 1 heterocycles. The van der Waals surface area contributed by atoms with Gasteiger partial charge in [0.25, 0.3) is 5.69 Å². The van der Waals surface area contributed by atoms with E-state index >= 15 is 0 Å². The molecule has 1 aromatic carbocycles. The maximum absolute atomic E-state index is 10.7. The van der Waals surface area contributed by atoms with Crippen LogP contribution >= 0.6 is 11.6 Å². The van der Waals surface area contributed by atoms with Crippen LogP contribution in [0.2, 0.25) is 5.02 Å². The number of anilines is 1. The van der Waals surface area contributed by atoms with E-state index in [9.17, 15) is 10.1 Å². The molecule has 7 heteroatoms. The Kier molecular flexibility index (Phi) is 4.24. The highest BCUT2D eigenvalue weighted by molar-refractivity contribution is 6.33. The number of rotatable bonds is 3. The number of non-ortho nitro benzene ring substituents is 1. The zero-order chi connectivity index (χ0) is 14.0. The van der Waals surface area contributed by atoms with Crippen molar-refractivity contribution < 1.29 is 9.66 Å². The molecule has 1 aromatic rings. The summed E-state index contributed by atoms with van der Waals surface area (Å²) in [4.78, 5) is 12.3. The summed E-state index contributed by atoms with van der Waals surface area (Å²) in [6.07, 6.45) is -0.0555. The van der Waals surface area contributed by atoms with Crippen LogP contribution in [0.3, 0.4) is 0 Å². The number of ether oxygens (including phenoxy) is 1. The number of benzene rings is 1. The monoisotopic (exact) mass is 285 g/mol. The molecule has 0 radical (unpaired) electrons. The van der Waals surface area contributed by atoms with Crippen molar-refractivity contribution in [3.8, 4) is 0 Å². The van der Waals surface area contributed by atoms with Crippen molar-refractivity contribution in [2.45, 2.75) is 19.1 Å². The fraction of sp³-hybridized carbons (Fsp3) is 0.500. The number of nitrogens with two attached hydrogens (primary N) is 1. The molecule has 104 valence electrons. The Morgan fingerprint density at radius 3 is 2.95 bits per heavy atom. The molecule has 0 bridgehead atoms. The second kappa shape index (κ2) is 5.73. The van der Waals surface area contributed by atoms with Crippen molar-refractivity contribution in [3.63, 3.8) is 0 Å². The van der Waals surface area contributed by atoms with Gasteiger partial charge >= 0.3 is 0 Å². The first-order valence-corrected chi connectivity index (χ1v) is 6.43. The minimum absolute atomic E-state index is 0.00856. The van der Waals surface area contributed by atoms with Gasteiger partial charge in [-0.3, -0.25) is 10.1 Å². The predicted molar refractivity (Wildman–Crippen MR) is 73.7 cm³/mol. The second-order valence-electron chi connectivity index (χ2n) is 4.61. The summed E-state index contributed by atoms with van der Waals surface area (Å²) in [6, 6.07) is 4.43.